The van der Waals surface area contributed by atoms with Crippen LogP contribution in [-0.4, -0.2) is 23.0 Å². The molecule has 0 aliphatic carbocycles. The molecule has 122 valence electrons. The molecule has 1 N–H and O–H groups in total. The molecule has 1 heterocycles. The summed E-state index contributed by atoms with van der Waals surface area (Å²) in [6.45, 7) is 7.52. The van der Waals surface area contributed by atoms with Crippen molar-refractivity contribution in [2.45, 2.75) is 46.3 Å². The van der Waals surface area contributed by atoms with E-state index >= 15 is 0 Å². The maximum Gasteiger partial charge on any atom is 0.217 e. The Labute approximate surface area is 137 Å². The number of carbonyl (C=O) groups excluding carboxylic acids is 1. The smallest absolute Gasteiger partial charge is 0.217 e. The zero-order chi connectivity index (χ0) is 16.8. The third kappa shape index (κ3) is 5.40. The van der Waals surface area contributed by atoms with Crippen LogP contribution in [0, 0.1) is 0 Å². The predicted octanol–water partition coefficient (Wildman–Crippen LogP) is 3.60. The van der Waals surface area contributed by atoms with Gasteiger partial charge in [0.15, 0.2) is 0 Å². The zero-order valence-electron chi connectivity index (χ0n) is 14.2. The SMILES string of the molecule is CC(=O)NC(C)Cc1ccc(-c2ccnc(OC(C)C)c2)cc1. The second kappa shape index (κ2) is 7.77. The average molecular weight is 312 g/mol. The van der Waals surface area contributed by atoms with Crippen molar-refractivity contribution in [2.24, 2.45) is 0 Å². The molecule has 1 unspecified atom stereocenters. The number of nitrogens with one attached hydrogen (secondary N) is 1. The van der Waals surface area contributed by atoms with Gasteiger partial charge in [-0.05, 0) is 49.9 Å². The van der Waals surface area contributed by atoms with Crippen molar-refractivity contribution in [2.75, 3.05) is 0 Å². The first kappa shape index (κ1) is 17.0. The lowest BCUT2D eigenvalue weighted by Crippen LogP contribution is -2.31. The summed E-state index contributed by atoms with van der Waals surface area (Å²) in [5.74, 6) is 0.643. The van der Waals surface area contributed by atoms with E-state index < -0.39 is 0 Å². The number of ether oxygens (including phenoxy) is 1. The van der Waals surface area contributed by atoms with Crippen LogP contribution in [0.15, 0.2) is 42.6 Å². The molecule has 4 nitrogen and oxygen atoms in total. The van der Waals surface area contributed by atoms with Crippen molar-refractivity contribution in [1.29, 1.82) is 0 Å². The highest BCUT2D eigenvalue weighted by Gasteiger charge is 2.06. The number of benzene rings is 1. The van der Waals surface area contributed by atoms with Crippen molar-refractivity contribution in [3.63, 3.8) is 0 Å². The van der Waals surface area contributed by atoms with E-state index in [0.29, 0.717) is 5.88 Å². The fourth-order valence-electron chi connectivity index (χ4n) is 2.48. The molecule has 4 heteroatoms. The molecular formula is C19H24N2O2. The Kier molecular flexibility index (Phi) is 5.74. The topological polar surface area (TPSA) is 51.2 Å². The molecule has 0 saturated carbocycles. The average Bonchev–Trinajstić information content (AvgIpc) is 2.46. The van der Waals surface area contributed by atoms with Gasteiger partial charge >= 0.3 is 0 Å². The molecule has 1 amide bonds. The van der Waals surface area contributed by atoms with Gasteiger partial charge in [0.05, 0.1) is 6.10 Å². The highest BCUT2D eigenvalue weighted by molar-refractivity contribution is 5.73. The maximum atomic E-state index is 11.1. The molecule has 0 aliphatic rings. The minimum atomic E-state index is 0.00332. The Balaban J connectivity index is 2.08. The molecule has 0 aliphatic heterocycles. The number of carbonyl (C=O) groups is 1. The summed E-state index contributed by atoms with van der Waals surface area (Å²) in [6, 6.07) is 12.4. The third-order valence-electron chi connectivity index (χ3n) is 3.37. The Bertz CT molecular complexity index is 651. The van der Waals surface area contributed by atoms with Crippen LogP contribution < -0.4 is 10.1 Å². The fraction of sp³-hybridized carbons (Fsp3) is 0.368. The monoisotopic (exact) mass is 312 g/mol. The molecule has 0 saturated heterocycles. The number of hydrogen-bond acceptors (Lipinski definition) is 3. The van der Waals surface area contributed by atoms with Crippen LogP contribution in [0.3, 0.4) is 0 Å². The minimum Gasteiger partial charge on any atom is -0.475 e. The molecule has 0 bridgehead atoms. The zero-order valence-corrected chi connectivity index (χ0v) is 14.2. The van der Waals surface area contributed by atoms with Crippen LogP contribution in [0.2, 0.25) is 0 Å². The van der Waals surface area contributed by atoms with Crippen molar-refractivity contribution >= 4 is 5.91 Å². The Morgan fingerprint density at radius 3 is 2.43 bits per heavy atom. The van der Waals surface area contributed by atoms with E-state index in [9.17, 15) is 4.79 Å². The molecule has 2 rings (SSSR count). The van der Waals surface area contributed by atoms with Crippen molar-refractivity contribution in [3.05, 3.63) is 48.2 Å². The molecule has 0 spiro atoms. The van der Waals surface area contributed by atoms with E-state index in [1.807, 2.05) is 32.9 Å². The molecule has 23 heavy (non-hydrogen) atoms. The van der Waals surface area contributed by atoms with Gasteiger partial charge < -0.3 is 10.1 Å². The lowest BCUT2D eigenvalue weighted by molar-refractivity contribution is -0.119. The van der Waals surface area contributed by atoms with Crippen LogP contribution >= 0.6 is 0 Å². The van der Waals surface area contributed by atoms with Gasteiger partial charge in [0.1, 0.15) is 0 Å². The van der Waals surface area contributed by atoms with Crippen molar-refractivity contribution in [1.82, 2.24) is 10.3 Å². The third-order valence-corrected chi connectivity index (χ3v) is 3.37. The first-order chi connectivity index (χ1) is 10.9. The predicted molar refractivity (Wildman–Crippen MR) is 92.4 cm³/mol. The summed E-state index contributed by atoms with van der Waals surface area (Å²) in [6.07, 6.45) is 2.69. The first-order valence-electron chi connectivity index (χ1n) is 7.93. The molecule has 1 aromatic carbocycles. The van der Waals surface area contributed by atoms with Crippen LogP contribution in [0.4, 0.5) is 0 Å². The van der Waals surface area contributed by atoms with Crippen LogP contribution in [0.25, 0.3) is 11.1 Å². The van der Waals surface area contributed by atoms with Crippen LogP contribution in [0.1, 0.15) is 33.3 Å². The summed E-state index contributed by atoms with van der Waals surface area (Å²) >= 11 is 0. The number of rotatable bonds is 6. The van der Waals surface area contributed by atoms with E-state index in [2.05, 4.69) is 34.6 Å². The molecule has 0 radical (unpaired) electrons. The Hall–Kier alpha value is -2.36. The van der Waals surface area contributed by atoms with Crippen LogP contribution in [0.5, 0.6) is 5.88 Å². The Morgan fingerprint density at radius 1 is 1.13 bits per heavy atom. The highest BCUT2D eigenvalue weighted by atomic mass is 16.5. The number of aromatic nitrogens is 1. The number of amides is 1. The van der Waals surface area contributed by atoms with E-state index in [0.717, 1.165) is 17.5 Å². The number of nitrogens with zero attached hydrogens (tertiary/aromatic N) is 1. The van der Waals surface area contributed by atoms with Crippen molar-refractivity contribution < 1.29 is 9.53 Å². The summed E-state index contributed by atoms with van der Waals surface area (Å²) in [7, 11) is 0. The molecule has 0 fully saturated rings. The van der Waals surface area contributed by atoms with Gasteiger partial charge in [0.2, 0.25) is 11.8 Å². The normalized spacial score (nSPS) is 12.0. The van der Waals surface area contributed by atoms with Gasteiger partial charge in [-0.15, -0.1) is 0 Å². The summed E-state index contributed by atoms with van der Waals surface area (Å²) in [4.78, 5) is 15.3. The van der Waals surface area contributed by atoms with Gasteiger partial charge in [-0.25, -0.2) is 4.98 Å². The highest BCUT2D eigenvalue weighted by Crippen LogP contribution is 2.23. The molecule has 1 aromatic heterocycles. The summed E-state index contributed by atoms with van der Waals surface area (Å²) in [5, 5.41) is 2.90. The number of pyridine rings is 1. The quantitative estimate of drug-likeness (QED) is 0.886. The second-order valence-electron chi connectivity index (χ2n) is 6.05. The van der Waals surface area contributed by atoms with Gasteiger partial charge in [0, 0.05) is 25.2 Å². The van der Waals surface area contributed by atoms with Crippen LogP contribution in [-0.2, 0) is 11.2 Å². The van der Waals surface area contributed by atoms with E-state index in [-0.39, 0.29) is 18.1 Å². The minimum absolute atomic E-state index is 0.00332. The van der Waals surface area contributed by atoms with Gasteiger partial charge in [-0.3, -0.25) is 4.79 Å². The largest absolute Gasteiger partial charge is 0.475 e. The molecular weight excluding hydrogens is 288 g/mol. The van der Waals surface area contributed by atoms with Gasteiger partial charge in [-0.2, -0.15) is 0 Å². The maximum absolute atomic E-state index is 11.1. The Morgan fingerprint density at radius 2 is 1.83 bits per heavy atom. The van der Waals surface area contributed by atoms with Gasteiger partial charge in [-0.1, -0.05) is 24.3 Å². The van der Waals surface area contributed by atoms with Crippen molar-refractivity contribution in [3.8, 4) is 17.0 Å². The molecule has 2 aromatic rings. The second-order valence-corrected chi connectivity index (χ2v) is 6.05. The van der Waals surface area contributed by atoms with E-state index in [1.54, 1.807) is 13.1 Å². The lowest BCUT2D eigenvalue weighted by Gasteiger charge is -2.13. The summed E-state index contributed by atoms with van der Waals surface area (Å²) < 4.78 is 5.64. The number of hydrogen-bond donors (Lipinski definition) is 1. The fourth-order valence-corrected chi connectivity index (χ4v) is 2.48. The first-order valence-corrected chi connectivity index (χ1v) is 7.93. The molecule has 1 atom stereocenters. The lowest BCUT2D eigenvalue weighted by atomic mass is 10.0. The standard InChI is InChI=1S/C19H24N2O2/c1-13(2)23-19-12-18(9-10-20-19)17-7-5-16(6-8-17)11-14(3)21-15(4)22/h5-10,12-14H,11H2,1-4H3,(H,21,22). The van der Waals surface area contributed by atoms with Gasteiger partial charge in [0.25, 0.3) is 0 Å². The van der Waals surface area contributed by atoms with E-state index in [4.69, 9.17) is 4.74 Å². The van der Waals surface area contributed by atoms with E-state index in [1.165, 1.54) is 5.56 Å². The summed E-state index contributed by atoms with van der Waals surface area (Å²) in [5.41, 5.74) is 3.40.